The molecule has 0 aliphatic carbocycles. The van der Waals surface area contributed by atoms with Gasteiger partial charge in [0.2, 0.25) is 5.91 Å². The van der Waals surface area contributed by atoms with E-state index >= 15 is 0 Å². The summed E-state index contributed by atoms with van der Waals surface area (Å²) in [7, 11) is 1.98. The van der Waals surface area contributed by atoms with E-state index in [9.17, 15) is 4.79 Å². The van der Waals surface area contributed by atoms with Gasteiger partial charge in [0.1, 0.15) is 0 Å². The fraction of sp³-hybridized carbons (Fsp3) is 0.615. The van der Waals surface area contributed by atoms with E-state index in [-0.39, 0.29) is 18.0 Å². The first-order valence-electron chi connectivity index (χ1n) is 6.36. The molecular formula is C13H22ClN3OS. The van der Waals surface area contributed by atoms with Gasteiger partial charge in [-0.05, 0) is 33.0 Å². The second-order valence-electron chi connectivity index (χ2n) is 4.94. The van der Waals surface area contributed by atoms with Crippen molar-refractivity contribution in [3.05, 3.63) is 21.3 Å². The number of carbonyl (C=O) groups is 1. The number of likely N-dealkylation sites (N-methyl/N-ethyl adjacent to an activating group) is 1. The van der Waals surface area contributed by atoms with Crippen molar-refractivity contribution in [3.8, 4) is 0 Å². The summed E-state index contributed by atoms with van der Waals surface area (Å²) in [6.45, 7) is 5.12. The third kappa shape index (κ3) is 5.91. The normalized spacial score (nSPS) is 13.0. The zero-order valence-corrected chi connectivity index (χ0v) is 13.2. The van der Waals surface area contributed by atoms with Crippen molar-refractivity contribution in [2.24, 2.45) is 5.73 Å². The van der Waals surface area contributed by atoms with Crippen LogP contribution in [-0.2, 0) is 11.3 Å². The molecule has 1 atom stereocenters. The molecule has 0 fully saturated rings. The van der Waals surface area contributed by atoms with Gasteiger partial charge in [-0.1, -0.05) is 11.6 Å². The van der Waals surface area contributed by atoms with E-state index in [1.54, 1.807) is 11.3 Å². The van der Waals surface area contributed by atoms with Gasteiger partial charge in [0, 0.05) is 36.5 Å². The molecule has 3 N–H and O–H groups in total. The van der Waals surface area contributed by atoms with Crippen LogP contribution in [0, 0.1) is 0 Å². The van der Waals surface area contributed by atoms with Crippen LogP contribution in [0.25, 0.3) is 0 Å². The molecule has 1 unspecified atom stereocenters. The maximum absolute atomic E-state index is 11.8. The molecule has 4 nitrogen and oxygen atoms in total. The number of thiophene rings is 1. The van der Waals surface area contributed by atoms with Crippen LogP contribution in [-0.4, -0.2) is 36.5 Å². The molecule has 1 heterocycles. The lowest BCUT2D eigenvalue weighted by Crippen LogP contribution is -2.42. The van der Waals surface area contributed by atoms with Gasteiger partial charge in [-0.15, -0.1) is 11.3 Å². The van der Waals surface area contributed by atoms with E-state index in [4.69, 9.17) is 17.3 Å². The van der Waals surface area contributed by atoms with Crippen LogP contribution in [0.1, 0.15) is 25.1 Å². The summed E-state index contributed by atoms with van der Waals surface area (Å²) in [6, 6.07) is 4.09. The van der Waals surface area contributed by atoms with Gasteiger partial charge in [0.15, 0.2) is 0 Å². The average molecular weight is 304 g/mol. The first kappa shape index (κ1) is 16.4. The van der Waals surface area contributed by atoms with Crippen LogP contribution in [0.4, 0.5) is 0 Å². The lowest BCUT2D eigenvalue weighted by atomic mass is 10.1. The number of nitrogens with two attached hydrogens (primary N) is 1. The first-order chi connectivity index (χ1) is 8.92. The predicted octanol–water partition coefficient (Wildman–Crippen LogP) is 2.08. The molecule has 0 spiro atoms. The summed E-state index contributed by atoms with van der Waals surface area (Å²) in [5.41, 5.74) is 5.77. The van der Waals surface area contributed by atoms with Gasteiger partial charge < -0.3 is 11.1 Å². The molecule has 0 aliphatic heterocycles. The molecule has 0 aromatic carbocycles. The molecule has 6 heteroatoms. The Kier molecular flexibility index (Phi) is 6.79. The number of nitrogens with one attached hydrogen (secondary N) is 1. The maximum Gasteiger partial charge on any atom is 0.221 e. The van der Waals surface area contributed by atoms with Gasteiger partial charge in [-0.25, -0.2) is 0 Å². The number of hydrogen-bond acceptors (Lipinski definition) is 4. The quantitative estimate of drug-likeness (QED) is 0.811. The predicted molar refractivity (Wildman–Crippen MR) is 81.5 cm³/mol. The van der Waals surface area contributed by atoms with E-state index < -0.39 is 0 Å². The van der Waals surface area contributed by atoms with E-state index in [0.29, 0.717) is 13.0 Å². The van der Waals surface area contributed by atoms with Crippen LogP contribution in [0.5, 0.6) is 0 Å². The summed E-state index contributed by atoms with van der Waals surface area (Å²) in [5.74, 6) is 0.0431. The molecule has 1 rings (SSSR count). The minimum absolute atomic E-state index is 0.0413. The van der Waals surface area contributed by atoms with E-state index in [0.717, 1.165) is 10.9 Å². The SMILES string of the molecule is CC(C)NC(=O)CC(CN)N(C)Cc1ccc(Cl)s1. The summed E-state index contributed by atoms with van der Waals surface area (Å²) in [6.07, 6.45) is 0.421. The molecule has 19 heavy (non-hydrogen) atoms. The summed E-state index contributed by atoms with van der Waals surface area (Å²) in [5, 5.41) is 2.89. The molecule has 0 saturated heterocycles. The maximum atomic E-state index is 11.8. The number of rotatable bonds is 7. The lowest BCUT2D eigenvalue weighted by Gasteiger charge is -2.26. The Bertz CT molecular complexity index is 408. The summed E-state index contributed by atoms with van der Waals surface area (Å²) >= 11 is 7.47. The van der Waals surface area contributed by atoms with Crippen molar-refractivity contribution in [2.45, 2.75) is 38.9 Å². The highest BCUT2D eigenvalue weighted by Gasteiger charge is 2.18. The monoisotopic (exact) mass is 303 g/mol. The largest absolute Gasteiger partial charge is 0.354 e. The first-order valence-corrected chi connectivity index (χ1v) is 7.55. The second kappa shape index (κ2) is 7.85. The van der Waals surface area contributed by atoms with Crippen LogP contribution < -0.4 is 11.1 Å². The molecule has 1 aromatic heterocycles. The van der Waals surface area contributed by atoms with Crippen molar-refractivity contribution >= 4 is 28.8 Å². The standard InChI is InChI=1S/C13H22ClN3OS/c1-9(2)16-13(18)6-10(7-15)17(3)8-11-4-5-12(14)19-11/h4-5,9-10H,6-8,15H2,1-3H3,(H,16,18). The highest BCUT2D eigenvalue weighted by atomic mass is 35.5. The van der Waals surface area contributed by atoms with Gasteiger partial charge in [-0.3, -0.25) is 9.69 Å². The van der Waals surface area contributed by atoms with Crippen LogP contribution in [0.15, 0.2) is 12.1 Å². The number of halogens is 1. The summed E-state index contributed by atoms with van der Waals surface area (Å²) < 4.78 is 0.783. The molecule has 108 valence electrons. The molecule has 0 saturated carbocycles. The van der Waals surface area contributed by atoms with Crippen molar-refractivity contribution in [1.29, 1.82) is 0 Å². The molecule has 1 aromatic rings. The molecule has 1 amide bonds. The number of hydrogen-bond donors (Lipinski definition) is 2. The fourth-order valence-electron chi connectivity index (χ4n) is 1.83. The van der Waals surface area contributed by atoms with Crippen molar-refractivity contribution in [1.82, 2.24) is 10.2 Å². The van der Waals surface area contributed by atoms with Gasteiger partial charge in [0.05, 0.1) is 4.34 Å². The average Bonchev–Trinajstić information content (AvgIpc) is 2.70. The summed E-state index contributed by atoms with van der Waals surface area (Å²) in [4.78, 5) is 15.0. The minimum atomic E-state index is 0.0413. The molecular weight excluding hydrogens is 282 g/mol. The number of nitrogens with zero attached hydrogens (tertiary/aromatic N) is 1. The lowest BCUT2D eigenvalue weighted by molar-refractivity contribution is -0.122. The van der Waals surface area contributed by atoms with Gasteiger partial charge in [-0.2, -0.15) is 0 Å². The molecule has 0 bridgehead atoms. The minimum Gasteiger partial charge on any atom is -0.354 e. The van der Waals surface area contributed by atoms with Crippen molar-refractivity contribution in [3.63, 3.8) is 0 Å². The van der Waals surface area contributed by atoms with Crippen LogP contribution in [0.3, 0.4) is 0 Å². The zero-order chi connectivity index (χ0) is 14.4. The van der Waals surface area contributed by atoms with E-state index in [2.05, 4.69) is 10.2 Å². The Morgan fingerprint density at radius 1 is 1.53 bits per heavy atom. The van der Waals surface area contributed by atoms with Crippen molar-refractivity contribution < 1.29 is 4.79 Å². The Labute approximate surface area is 123 Å². The zero-order valence-electron chi connectivity index (χ0n) is 11.6. The fourth-order valence-corrected chi connectivity index (χ4v) is 2.98. The topological polar surface area (TPSA) is 58.4 Å². The number of carbonyl (C=O) groups excluding carboxylic acids is 1. The van der Waals surface area contributed by atoms with Gasteiger partial charge >= 0.3 is 0 Å². The van der Waals surface area contributed by atoms with Crippen molar-refractivity contribution in [2.75, 3.05) is 13.6 Å². The van der Waals surface area contributed by atoms with E-state index in [1.165, 1.54) is 4.88 Å². The highest BCUT2D eigenvalue weighted by molar-refractivity contribution is 7.16. The smallest absolute Gasteiger partial charge is 0.221 e. The Hall–Kier alpha value is -0.620. The Morgan fingerprint density at radius 3 is 2.68 bits per heavy atom. The Morgan fingerprint density at radius 2 is 2.21 bits per heavy atom. The molecule has 0 radical (unpaired) electrons. The second-order valence-corrected chi connectivity index (χ2v) is 6.74. The van der Waals surface area contributed by atoms with Crippen LogP contribution >= 0.6 is 22.9 Å². The van der Waals surface area contributed by atoms with Crippen LogP contribution in [0.2, 0.25) is 4.34 Å². The number of amides is 1. The van der Waals surface area contributed by atoms with Gasteiger partial charge in [0.25, 0.3) is 0 Å². The Balaban J connectivity index is 2.51. The third-order valence-corrected chi connectivity index (χ3v) is 4.02. The third-order valence-electron chi connectivity index (χ3n) is 2.80. The molecule has 0 aliphatic rings. The highest BCUT2D eigenvalue weighted by Crippen LogP contribution is 2.23. The van der Waals surface area contributed by atoms with E-state index in [1.807, 2.05) is 33.0 Å².